The Kier molecular flexibility index (Phi) is 5.53. The summed E-state index contributed by atoms with van der Waals surface area (Å²) in [7, 11) is 0. The third-order valence-electron chi connectivity index (χ3n) is 6.77. The van der Waals surface area contributed by atoms with Gasteiger partial charge in [-0.15, -0.1) is 0 Å². The van der Waals surface area contributed by atoms with Crippen molar-refractivity contribution in [2.45, 2.75) is 50.3 Å². The topological polar surface area (TPSA) is 136 Å². The van der Waals surface area contributed by atoms with Crippen molar-refractivity contribution in [3.05, 3.63) is 60.2 Å². The number of carbonyl (C=O) groups excluding carboxylic acids is 1. The molecule has 3 atom stereocenters. The van der Waals surface area contributed by atoms with Gasteiger partial charge in [-0.2, -0.15) is 15.1 Å². The highest BCUT2D eigenvalue weighted by Gasteiger charge is 2.30. The lowest BCUT2D eigenvalue weighted by molar-refractivity contribution is 0.0868. The summed E-state index contributed by atoms with van der Waals surface area (Å²) in [6.45, 7) is 0.845. The van der Waals surface area contributed by atoms with E-state index in [2.05, 4.69) is 30.7 Å². The van der Waals surface area contributed by atoms with Crippen LogP contribution in [0.4, 0.5) is 17.7 Å². The van der Waals surface area contributed by atoms with E-state index in [0.717, 1.165) is 43.6 Å². The monoisotopic (exact) mass is 473 g/mol. The second kappa shape index (κ2) is 8.99. The molecule has 4 aromatic heterocycles. The summed E-state index contributed by atoms with van der Waals surface area (Å²) in [4.78, 5) is 29.0. The normalized spacial score (nSPS) is 22.1. The molecular weight excluding hydrogens is 446 g/mol. The maximum atomic E-state index is 12.6. The summed E-state index contributed by atoms with van der Waals surface area (Å²) in [6, 6.07) is 11.3. The molecule has 4 aromatic rings. The molecule has 1 saturated carbocycles. The van der Waals surface area contributed by atoms with Crippen LogP contribution in [0.2, 0.25) is 0 Å². The first-order valence-electron chi connectivity index (χ1n) is 12.0. The first kappa shape index (κ1) is 21.5. The molecule has 1 amide bonds. The van der Waals surface area contributed by atoms with Crippen LogP contribution >= 0.6 is 0 Å². The summed E-state index contributed by atoms with van der Waals surface area (Å²) in [6.07, 6.45) is 7.61. The summed E-state index contributed by atoms with van der Waals surface area (Å²) in [5.41, 5.74) is 2.08. The molecule has 0 radical (unpaired) electrons. The van der Waals surface area contributed by atoms with Crippen LogP contribution in [0, 0.1) is 0 Å². The van der Waals surface area contributed by atoms with Crippen LogP contribution in [0.25, 0.3) is 5.65 Å². The maximum Gasteiger partial charge on any atom is 0.269 e. The first-order valence-corrected chi connectivity index (χ1v) is 12.0. The number of fused-ring (bicyclic) bond motifs is 1. The summed E-state index contributed by atoms with van der Waals surface area (Å²) >= 11 is 0. The number of aliphatic hydroxyl groups is 1. The van der Waals surface area contributed by atoms with E-state index < -0.39 is 6.10 Å². The van der Waals surface area contributed by atoms with Gasteiger partial charge >= 0.3 is 0 Å². The van der Waals surface area contributed by atoms with Crippen molar-refractivity contribution in [3.63, 3.8) is 0 Å². The first-order chi connectivity index (χ1) is 17.2. The molecule has 4 N–H and O–H groups in total. The fraction of sp³-hybridized carbons (Fsp3) is 0.375. The van der Waals surface area contributed by atoms with E-state index in [0.29, 0.717) is 29.8 Å². The minimum Gasteiger partial charge on any atom is -0.391 e. The number of nitrogens with zero attached hydrogens (tertiary/aromatic N) is 6. The van der Waals surface area contributed by atoms with Gasteiger partial charge in [0.05, 0.1) is 23.9 Å². The number of aromatic amines is 1. The van der Waals surface area contributed by atoms with Crippen molar-refractivity contribution in [2.24, 2.45) is 0 Å². The molecule has 1 unspecified atom stereocenters. The van der Waals surface area contributed by atoms with E-state index in [1.54, 1.807) is 6.07 Å². The molecule has 0 spiro atoms. The number of hydrogen-bond acceptors (Lipinski definition) is 8. The van der Waals surface area contributed by atoms with E-state index in [9.17, 15) is 9.90 Å². The summed E-state index contributed by atoms with van der Waals surface area (Å²) in [5, 5.41) is 23.1. The number of carbonyl (C=O) groups is 1. The smallest absolute Gasteiger partial charge is 0.269 e. The highest BCUT2D eigenvalue weighted by molar-refractivity contribution is 5.93. The number of aliphatic hydroxyl groups excluding tert-OH is 1. The molecule has 6 rings (SSSR count). The molecule has 2 aliphatic rings. The number of rotatable bonds is 6. The molecule has 1 aliphatic heterocycles. The third-order valence-corrected chi connectivity index (χ3v) is 6.77. The lowest BCUT2D eigenvalue weighted by atomic mass is 10.1. The van der Waals surface area contributed by atoms with Gasteiger partial charge in [0.2, 0.25) is 11.9 Å². The van der Waals surface area contributed by atoms with Gasteiger partial charge in [-0.1, -0.05) is 6.07 Å². The standard InChI is InChI=1S/C24H27N9O2/c34-19-9-3-7-16(19)26-22(35)17-14-20(31-30-17)27-23-29-24(28-21-10-5-13-33(21)23)32-12-4-8-18(32)15-6-1-2-11-25-15/h1-2,5-6,10-11,13-14,16,18-19,34H,3-4,7-9,12H2,(H,26,35)(H2,27,28,29,30,31)/t16-,18?,19-/m1/s1. The van der Waals surface area contributed by atoms with Gasteiger partial charge in [-0.25, -0.2) is 0 Å². The van der Waals surface area contributed by atoms with Crippen molar-refractivity contribution < 1.29 is 9.90 Å². The third kappa shape index (κ3) is 4.18. The Bertz CT molecular complexity index is 1340. The largest absolute Gasteiger partial charge is 0.391 e. The lowest BCUT2D eigenvalue weighted by Crippen LogP contribution is -2.39. The fourth-order valence-electron chi connectivity index (χ4n) is 4.99. The Hall–Kier alpha value is -3.99. The Labute approximate surface area is 201 Å². The predicted octanol–water partition coefficient (Wildman–Crippen LogP) is 2.58. The number of H-pyrrole nitrogens is 1. The van der Waals surface area contributed by atoms with Crippen LogP contribution in [0.1, 0.15) is 54.3 Å². The zero-order valence-electron chi connectivity index (χ0n) is 19.1. The molecule has 1 saturated heterocycles. The highest BCUT2D eigenvalue weighted by Crippen LogP contribution is 2.34. The van der Waals surface area contributed by atoms with Crippen LogP contribution in [0.5, 0.6) is 0 Å². The van der Waals surface area contributed by atoms with Gasteiger partial charge in [0, 0.05) is 25.0 Å². The van der Waals surface area contributed by atoms with Gasteiger partial charge in [-0.05, 0) is 56.4 Å². The van der Waals surface area contributed by atoms with E-state index in [4.69, 9.17) is 9.97 Å². The highest BCUT2D eigenvalue weighted by atomic mass is 16.3. The number of pyridine rings is 1. The molecule has 2 fully saturated rings. The Morgan fingerprint density at radius 1 is 1.11 bits per heavy atom. The SMILES string of the molecule is O=C(N[C@@H]1CCC[C@H]1O)c1cc(Nc2nc(N3CCCC3c3ccccn3)nc3cccn23)n[nH]1. The molecule has 35 heavy (non-hydrogen) atoms. The van der Waals surface area contributed by atoms with E-state index in [1.807, 2.05) is 47.1 Å². The number of amides is 1. The van der Waals surface area contributed by atoms with E-state index >= 15 is 0 Å². The zero-order chi connectivity index (χ0) is 23.8. The van der Waals surface area contributed by atoms with Crippen LogP contribution in [-0.2, 0) is 0 Å². The van der Waals surface area contributed by atoms with Gasteiger partial charge in [0.25, 0.3) is 5.91 Å². The Morgan fingerprint density at radius 3 is 2.89 bits per heavy atom. The molecule has 180 valence electrons. The summed E-state index contributed by atoms with van der Waals surface area (Å²) < 4.78 is 1.85. The van der Waals surface area contributed by atoms with Crippen molar-refractivity contribution >= 4 is 29.3 Å². The van der Waals surface area contributed by atoms with Gasteiger partial charge in [-0.3, -0.25) is 19.3 Å². The van der Waals surface area contributed by atoms with E-state index in [-0.39, 0.29) is 18.0 Å². The van der Waals surface area contributed by atoms with E-state index in [1.165, 1.54) is 0 Å². The molecule has 1 aliphatic carbocycles. The van der Waals surface area contributed by atoms with Gasteiger partial charge < -0.3 is 20.6 Å². The second-order valence-electron chi connectivity index (χ2n) is 9.06. The van der Waals surface area contributed by atoms with Crippen LogP contribution in [-0.4, -0.2) is 59.3 Å². The van der Waals surface area contributed by atoms with Crippen LogP contribution in [0.3, 0.4) is 0 Å². The zero-order valence-corrected chi connectivity index (χ0v) is 19.1. The number of nitrogens with one attached hydrogen (secondary N) is 3. The minimum atomic E-state index is -0.499. The quantitative estimate of drug-likeness (QED) is 0.335. The average Bonchev–Trinajstić information content (AvgIpc) is 3.67. The average molecular weight is 474 g/mol. The Morgan fingerprint density at radius 2 is 2.06 bits per heavy atom. The lowest BCUT2D eigenvalue weighted by Gasteiger charge is -2.24. The molecule has 0 bridgehead atoms. The van der Waals surface area contributed by atoms with Gasteiger partial charge in [0.15, 0.2) is 5.82 Å². The number of aromatic nitrogens is 6. The fourth-order valence-corrected chi connectivity index (χ4v) is 4.99. The van der Waals surface area contributed by atoms with Gasteiger partial charge in [0.1, 0.15) is 11.3 Å². The molecule has 0 aromatic carbocycles. The summed E-state index contributed by atoms with van der Waals surface area (Å²) in [5.74, 6) is 1.34. The van der Waals surface area contributed by atoms with Crippen molar-refractivity contribution in [2.75, 3.05) is 16.8 Å². The molecule has 11 nitrogen and oxygen atoms in total. The number of hydrogen-bond donors (Lipinski definition) is 4. The molecular formula is C24H27N9O2. The van der Waals surface area contributed by atoms with Crippen molar-refractivity contribution in [3.8, 4) is 0 Å². The van der Waals surface area contributed by atoms with Crippen LogP contribution < -0.4 is 15.5 Å². The predicted molar refractivity (Wildman–Crippen MR) is 130 cm³/mol. The molecule has 11 heteroatoms. The molecule has 5 heterocycles. The van der Waals surface area contributed by atoms with Crippen molar-refractivity contribution in [1.29, 1.82) is 0 Å². The number of anilines is 3. The van der Waals surface area contributed by atoms with Crippen molar-refractivity contribution in [1.82, 2.24) is 34.9 Å². The Balaban J connectivity index is 1.25. The van der Waals surface area contributed by atoms with Crippen LogP contribution in [0.15, 0.2) is 48.8 Å². The second-order valence-corrected chi connectivity index (χ2v) is 9.06. The maximum absolute atomic E-state index is 12.6. The minimum absolute atomic E-state index is 0.119.